The number of cyclic esters (lactones) is 1. The van der Waals surface area contributed by atoms with Gasteiger partial charge in [0.1, 0.15) is 0 Å². The molecule has 24 heavy (non-hydrogen) atoms. The van der Waals surface area contributed by atoms with Gasteiger partial charge in [-0.2, -0.15) is 0 Å². The Bertz CT molecular complexity index is 685. The molecule has 2 aliphatic rings. The zero-order valence-corrected chi connectivity index (χ0v) is 14.6. The summed E-state index contributed by atoms with van der Waals surface area (Å²) in [5.74, 6) is -2.55. The first-order chi connectivity index (χ1) is 11.5. The van der Waals surface area contributed by atoms with Crippen LogP contribution in [0.15, 0.2) is 29.2 Å². The zero-order chi connectivity index (χ0) is 17.5. The van der Waals surface area contributed by atoms with E-state index in [0.717, 1.165) is 5.56 Å². The highest BCUT2D eigenvalue weighted by Crippen LogP contribution is 2.64. The van der Waals surface area contributed by atoms with Crippen LogP contribution in [0.2, 0.25) is 0 Å². The van der Waals surface area contributed by atoms with Crippen molar-refractivity contribution in [3.8, 4) is 0 Å². The summed E-state index contributed by atoms with van der Waals surface area (Å²) in [5, 5.41) is 0. The number of aryl methyl sites for hydroxylation is 1. The van der Waals surface area contributed by atoms with Crippen LogP contribution in [-0.2, 0) is 34.6 Å². The van der Waals surface area contributed by atoms with E-state index >= 15 is 0 Å². The number of ether oxygens (including phenoxy) is 3. The smallest absolute Gasteiger partial charge is 0.329 e. The molecule has 0 radical (unpaired) electrons. The van der Waals surface area contributed by atoms with Crippen LogP contribution >= 0.6 is 0 Å². The largest absolute Gasteiger partial charge is 0.466 e. The summed E-state index contributed by atoms with van der Waals surface area (Å²) in [5.41, 5.74) is 1.02. The molecule has 5 atom stereocenters. The molecule has 130 valence electrons. The Morgan fingerprint density at radius 1 is 1.25 bits per heavy atom. The van der Waals surface area contributed by atoms with Crippen LogP contribution in [0.25, 0.3) is 0 Å². The van der Waals surface area contributed by atoms with Crippen LogP contribution in [0.1, 0.15) is 19.4 Å². The summed E-state index contributed by atoms with van der Waals surface area (Å²) in [4.78, 5) is 25.3. The molecule has 0 bridgehead atoms. The van der Waals surface area contributed by atoms with E-state index in [1.807, 2.05) is 19.1 Å². The SMILES string of the molecule is CCOC(=O)[C@H]1[C@@H]2[C@@H](OCC)OC(=O)[C@@]21S(=O)c1ccc(C)cc1. The van der Waals surface area contributed by atoms with Crippen LogP contribution in [0.5, 0.6) is 0 Å². The molecule has 1 saturated carbocycles. The molecule has 6 nitrogen and oxygen atoms in total. The standard InChI is InChI=1S/C17H20O6S/c1-4-21-14(18)12-13-15(22-5-2)23-16(19)17(12,13)24(20)11-8-6-10(3)7-9-11/h6-9,12-13,15H,4-5H2,1-3H3/t12-,13-,15+,17+,24?/m1/s1. The molecule has 0 spiro atoms. The molecule has 0 N–H and O–H groups in total. The first-order valence-electron chi connectivity index (χ1n) is 7.96. The van der Waals surface area contributed by atoms with Crippen molar-refractivity contribution in [2.45, 2.75) is 36.7 Å². The average molecular weight is 352 g/mol. The maximum absolute atomic E-state index is 13.1. The van der Waals surface area contributed by atoms with Crippen molar-refractivity contribution in [1.29, 1.82) is 0 Å². The van der Waals surface area contributed by atoms with Gasteiger partial charge in [0.2, 0.25) is 6.29 Å². The minimum absolute atomic E-state index is 0.198. The number of esters is 2. The quantitative estimate of drug-likeness (QED) is 0.723. The fourth-order valence-corrected chi connectivity index (χ4v) is 5.18. The van der Waals surface area contributed by atoms with E-state index in [-0.39, 0.29) is 6.61 Å². The zero-order valence-electron chi connectivity index (χ0n) is 13.8. The average Bonchev–Trinajstić information content (AvgIpc) is 3.18. The van der Waals surface area contributed by atoms with Crippen molar-refractivity contribution in [3.05, 3.63) is 29.8 Å². The molecule has 0 amide bonds. The van der Waals surface area contributed by atoms with Gasteiger partial charge in [0, 0.05) is 11.5 Å². The van der Waals surface area contributed by atoms with Crippen LogP contribution in [0, 0.1) is 18.8 Å². The van der Waals surface area contributed by atoms with Gasteiger partial charge in [-0.1, -0.05) is 17.7 Å². The van der Waals surface area contributed by atoms with Crippen LogP contribution in [0.4, 0.5) is 0 Å². The van der Waals surface area contributed by atoms with E-state index in [4.69, 9.17) is 14.2 Å². The van der Waals surface area contributed by atoms with E-state index in [9.17, 15) is 13.8 Å². The number of carbonyl (C=O) groups is 2. The maximum atomic E-state index is 13.1. The molecule has 2 fully saturated rings. The number of carbonyl (C=O) groups excluding carboxylic acids is 2. The molecule has 1 unspecified atom stereocenters. The van der Waals surface area contributed by atoms with Crippen molar-refractivity contribution in [3.63, 3.8) is 0 Å². The van der Waals surface area contributed by atoms with Crippen molar-refractivity contribution >= 4 is 22.7 Å². The maximum Gasteiger partial charge on any atom is 0.329 e. The summed E-state index contributed by atoms with van der Waals surface area (Å²) < 4.78 is 27.5. The van der Waals surface area contributed by atoms with E-state index in [0.29, 0.717) is 11.5 Å². The van der Waals surface area contributed by atoms with Crippen molar-refractivity contribution in [2.75, 3.05) is 13.2 Å². The lowest BCUT2D eigenvalue weighted by Gasteiger charge is -2.15. The lowest BCUT2D eigenvalue weighted by molar-refractivity contribution is -0.175. The first-order valence-corrected chi connectivity index (χ1v) is 9.11. The van der Waals surface area contributed by atoms with E-state index in [1.54, 1.807) is 26.0 Å². The van der Waals surface area contributed by atoms with E-state index in [2.05, 4.69) is 0 Å². The van der Waals surface area contributed by atoms with Gasteiger partial charge in [0.25, 0.3) is 0 Å². The molecule has 1 aromatic rings. The van der Waals surface area contributed by atoms with Crippen LogP contribution in [-0.4, -0.2) is 40.4 Å². The topological polar surface area (TPSA) is 78.9 Å². The second kappa shape index (κ2) is 6.29. The second-order valence-corrected chi connectivity index (χ2v) is 7.54. The van der Waals surface area contributed by atoms with Gasteiger partial charge in [-0.15, -0.1) is 0 Å². The summed E-state index contributed by atoms with van der Waals surface area (Å²) >= 11 is 0. The minimum atomic E-state index is -1.72. The van der Waals surface area contributed by atoms with E-state index in [1.165, 1.54) is 0 Å². The number of hydrogen-bond acceptors (Lipinski definition) is 6. The van der Waals surface area contributed by atoms with E-state index < -0.39 is 45.6 Å². The highest BCUT2D eigenvalue weighted by molar-refractivity contribution is 7.87. The number of hydrogen-bond donors (Lipinski definition) is 0. The van der Waals surface area contributed by atoms with Gasteiger partial charge in [0.15, 0.2) is 4.75 Å². The third-order valence-corrected chi connectivity index (χ3v) is 6.46. The summed E-state index contributed by atoms with van der Waals surface area (Å²) in [6.07, 6.45) is -0.855. The molecule has 0 aromatic heterocycles. The van der Waals surface area contributed by atoms with Gasteiger partial charge in [-0.05, 0) is 32.9 Å². The molecule has 7 heteroatoms. The molecular weight excluding hydrogens is 332 g/mol. The fourth-order valence-electron chi connectivity index (χ4n) is 3.31. The Morgan fingerprint density at radius 3 is 2.50 bits per heavy atom. The highest BCUT2D eigenvalue weighted by Gasteiger charge is 2.85. The predicted molar refractivity (Wildman–Crippen MR) is 85.4 cm³/mol. The second-order valence-electron chi connectivity index (χ2n) is 5.86. The van der Waals surface area contributed by atoms with Gasteiger partial charge in [-0.25, -0.2) is 0 Å². The number of rotatable bonds is 6. The van der Waals surface area contributed by atoms with Crippen LogP contribution in [0.3, 0.4) is 0 Å². The molecule has 1 aliphatic carbocycles. The summed E-state index contributed by atoms with van der Waals surface area (Å²) in [6.45, 7) is 5.91. The lowest BCUT2D eigenvalue weighted by Crippen LogP contribution is -2.33. The predicted octanol–water partition coefficient (Wildman–Crippen LogP) is 1.57. The molecular formula is C17H20O6S. The van der Waals surface area contributed by atoms with Gasteiger partial charge >= 0.3 is 11.9 Å². The molecule has 1 aliphatic heterocycles. The minimum Gasteiger partial charge on any atom is -0.466 e. The lowest BCUT2D eigenvalue weighted by atomic mass is 10.2. The molecule has 1 saturated heterocycles. The first kappa shape index (κ1) is 17.1. The Morgan fingerprint density at radius 2 is 1.92 bits per heavy atom. The van der Waals surface area contributed by atoms with Crippen molar-refractivity contribution in [1.82, 2.24) is 0 Å². The molecule has 3 rings (SSSR count). The highest BCUT2D eigenvalue weighted by atomic mass is 32.2. The third kappa shape index (κ3) is 2.38. The molecule has 1 aromatic carbocycles. The number of fused-ring (bicyclic) bond motifs is 1. The monoisotopic (exact) mass is 352 g/mol. The van der Waals surface area contributed by atoms with Crippen LogP contribution < -0.4 is 0 Å². The number of benzene rings is 1. The summed E-state index contributed by atoms with van der Waals surface area (Å²) in [6, 6.07) is 7.06. The van der Waals surface area contributed by atoms with Gasteiger partial charge < -0.3 is 14.2 Å². The van der Waals surface area contributed by atoms with Crippen molar-refractivity contribution in [2.24, 2.45) is 11.8 Å². The third-order valence-electron chi connectivity index (χ3n) is 4.46. The molecule has 1 heterocycles. The summed E-state index contributed by atoms with van der Waals surface area (Å²) in [7, 11) is -1.72. The normalized spacial score (nSPS) is 32.0. The van der Waals surface area contributed by atoms with Crippen molar-refractivity contribution < 1.29 is 28.0 Å². The Hall–Kier alpha value is -1.73. The Balaban J connectivity index is 1.97. The Labute approximate surface area is 142 Å². The fraction of sp³-hybridized carbons (Fsp3) is 0.529. The Kier molecular flexibility index (Phi) is 4.48. The van der Waals surface area contributed by atoms with Gasteiger partial charge in [-0.3, -0.25) is 13.8 Å². The van der Waals surface area contributed by atoms with Gasteiger partial charge in [0.05, 0.1) is 29.2 Å².